The van der Waals surface area contributed by atoms with Crippen molar-refractivity contribution >= 4 is 0 Å². The molecule has 0 heterocycles. The Bertz CT molecular complexity index is 111. The summed E-state index contributed by atoms with van der Waals surface area (Å²) in [5.41, 5.74) is 0.435. The van der Waals surface area contributed by atoms with Crippen molar-refractivity contribution in [2.75, 3.05) is 0 Å². The highest BCUT2D eigenvalue weighted by molar-refractivity contribution is 4.98. The monoisotopic (exact) mass is 169 g/mol. The molecule has 1 unspecified atom stereocenters. The minimum Gasteiger partial charge on any atom is -0.0654 e. The lowest BCUT2D eigenvalue weighted by molar-refractivity contribution is 0.208. The Hall–Kier alpha value is 0. The summed E-state index contributed by atoms with van der Waals surface area (Å²) in [6, 6.07) is 0. The summed E-state index contributed by atoms with van der Waals surface area (Å²) in [7, 11) is 0. The average Bonchev–Trinajstić information content (AvgIpc) is 1.99. The standard InChI is InChI=1S/C12H25/c1-7-9-11(8-2)12(5,6)10(3)4/h11H,7-9H2,1-6H3. The first-order valence-electron chi connectivity index (χ1n) is 5.27. The maximum atomic E-state index is 2.38. The molecule has 0 bridgehead atoms. The van der Waals surface area contributed by atoms with Gasteiger partial charge in [0, 0.05) is 0 Å². The Kier molecular flexibility index (Phi) is 4.89. The molecule has 0 aromatic heterocycles. The first-order chi connectivity index (χ1) is 5.46. The first-order valence-corrected chi connectivity index (χ1v) is 5.27. The Labute approximate surface area is 78.8 Å². The quantitative estimate of drug-likeness (QED) is 0.570. The molecule has 73 valence electrons. The molecule has 0 saturated carbocycles. The zero-order valence-corrected chi connectivity index (χ0v) is 9.70. The van der Waals surface area contributed by atoms with Gasteiger partial charge in [0.2, 0.25) is 0 Å². The van der Waals surface area contributed by atoms with Crippen LogP contribution < -0.4 is 0 Å². The molecule has 0 N–H and O–H groups in total. The van der Waals surface area contributed by atoms with Crippen molar-refractivity contribution in [1.29, 1.82) is 0 Å². The first kappa shape index (κ1) is 12.0. The van der Waals surface area contributed by atoms with Gasteiger partial charge in [-0.25, -0.2) is 0 Å². The molecule has 1 radical (unpaired) electrons. The van der Waals surface area contributed by atoms with Crippen LogP contribution in [0.15, 0.2) is 0 Å². The fourth-order valence-corrected chi connectivity index (χ4v) is 1.83. The van der Waals surface area contributed by atoms with Crippen molar-refractivity contribution in [1.82, 2.24) is 0 Å². The van der Waals surface area contributed by atoms with E-state index in [0.717, 1.165) is 5.92 Å². The third kappa shape index (κ3) is 2.80. The largest absolute Gasteiger partial charge is 0.0654 e. The minimum absolute atomic E-state index is 0.435. The summed E-state index contributed by atoms with van der Waals surface area (Å²) in [6.45, 7) is 13.9. The summed E-state index contributed by atoms with van der Waals surface area (Å²) in [4.78, 5) is 0. The SMILES string of the molecule is CCCC(CC)C(C)(C)[C](C)C. The third-order valence-corrected chi connectivity index (χ3v) is 3.44. The van der Waals surface area contributed by atoms with Crippen LogP contribution >= 0.6 is 0 Å². The molecular weight excluding hydrogens is 144 g/mol. The van der Waals surface area contributed by atoms with Crippen LogP contribution in [0, 0.1) is 17.3 Å². The molecule has 0 saturated heterocycles. The van der Waals surface area contributed by atoms with E-state index >= 15 is 0 Å². The lowest BCUT2D eigenvalue weighted by Crippen LogP contribution is -2.27. The molecule has 0 aliphatic rings. The van der Waals surface area contributed by atoms with E-state index in [-0.39, 0.29) is 0 Å². The zero-order chi connectivity index (χ0) is 9.78. The summed E-state index contributed by atoms with van der Waals surface area (Å²) in [5.74, 6) is 2.44. The van der Waals surface area contributed by atoms with Crippen LogP contribution in [0.1, 0.15) is 60.8 Å². The fourth-order valence-electron chi connectivity index (χ4n) is 1.83. The zero-order valence-electron chi connectivity index (χ0n) is 9.70. The second kappa shape index (κ2) is 4.89. The topological polar surface area (TPSA) is 0 Å². The van der Waals surface area contributed by atoms with Crippen LogP contribution in [-0.2, 0) is 0 Å². The van der Waals surface area contributed by atoms with Crippen molar-refractivity contribution in [3.8, 4) is 0 Å². The van der Waals surface area contributed by atoms with Crippen LogP contribution in [0.5, 0.6) is 0 Å². The molecule has 0 heteroatoms. The molecule has 12 heavy (non-hydrogen) atoms. The Morgan fingerprint density at radius 3 is 1.92 bits per heavy atom. The van der Waals surface area contributed by atoms with Crippen LogP contribution in [-0.4, -0.2) is 0 Å². The Balaban J connectivity index is 4.25. The Morgan fingerprint density at radius 2 is 1.67 bits per heavy atom. The van der Waals surface area contributed by atoms with Crippen molar-refractivity contribution in [3.63, 3.8) is 0 Å². The van der Waals surface area contributed by atoms with Gasteiger partial charge in [-0.3, -0.25) is 0 Å². The third-order valence-electron chi connectivity index (χ3n) is 3.44. The highest BCUT2D eigenvalue weighted by Crippen LogP contribution is 2.40. The van der Waals surface area contributed by atoms with Crippen molar-refractivity contribution < 1.29 is 0 Å². The van der Waals surface area contributed by atoms with E-state index < -0.39 is 0 Å². The normalized spacial score (nSPS) is 15.2. The van der Waals surface area contributed by atoms with Gasteiger partial charge in [-0.1, -0.05) is 60.8 Å². The van der Waals surface area contributed by atoms with Crippen LogP contribution in [0.4, 0.5) is 0 Å². The lowest BCUT2D eigenvalue weighted by atomic mass is 9.68. The number of rotatable bonds is 5. The van der Waals surface area contributed by atoms with E-state index in [2.05, 4.69) is 41.5 Å². The Morgan fingerprint density at radius 1 is 1.17 bits per heavy atom. The average molecular weight is 169 g/mol. The molecule has 0 spiro atoms. The van der Waals surface area contributed by atoms with Gasteiger partial charge >= 0.3 is 0 Å². The van der Waals surface area contributed by atoms with Crippen molar-refractivity contribution in [2.24, 2.45) is 11.3 Å². The van der Waals surface area contributed by atoms with Crippen LogP contribution in [0.25, 0.3) is 0 Å². The number of hydrogen-bond acceptors (Lipinski definition) is 0. The smallest absolute Gasteiger partial charge is 0.0244 e. The molecule has 0 aromatic carbocycles. The maximum absolute atomic E-state index is 2.38. The second-order valence-electron chi connectivity index (χ2n) is 4.62. The molecule has 0 aliphatic heterocycles. The molecule has 0 fully saturated rings. The van der Waals surface area contributed by atoms with E-state index in [0.29, 0.717) is 5.41 Å². The molecule has 0 nitrogen and oxygen atoms in total. The van der Waals surface area contributed by atoms with E-state index in [1.807, 2.05) is 0 Å². The summed E-state index contributed by atoms with van der Waals surface area (Å²) >= 11 is 0. The summed E-state index contributed by atoms with van der Waals surface area (Å²) < 4.78 is 0. The molecular formula is C12H25. The van der Waals surface area contributed by atoms with Gasteiger partial charge in [-0.2, -0.15) is 0 Å². The molecule has 0 aliphatic carbocycles. The van der Waals surface area contributed by atoms with Crippen molar-refractivity contribution in [3.05, 3.63) is 5.92 Å². The van der Waals surface area contributed by atoms with Gasteiger partial charge in [0.05, 0.1) is 0 Å². The van der Waals surface area contributed by atoms with E-state index in [1.54, 1.807) is 5.92 Å². The highest BCUT2D eigenvalue weighted by atomic mass is 14.3. The molecule has 0 aromatic rings. The van der Waals surface area contributed by atoms with Gasteiger partial charge in [0.1, 0.15) is 0 Å². The fraction of sp³-hybridized carbons (Fsp3) is 0.917. The van der Waals surface area contributed by atoms with Gasteiger partial charge in [-0.15, -0.1) is 0 Å². The van der Waals surface area contributed by atoms with Crippen LogP contribution in [0.3, 0.4) is 0 Å². The summed E-state index contributed by atoms with van der Waals surface area (Å²) in [6.07, 6.45) is 4.00. The number of hydrogen-bond donors (Lipinski definition) is 0. The van der Waals surface area contributed by atoms with E-state index in [9.17, 15) is 0 Å². The summed E-state index contributed by atoms with van der Waals surface area (Å²) in [5, 5.41) is 0. The van der Waals surface area contributed by atoms with Crippen molar-refractivity contribution in [2.45, 2.75) is 60.8 Å². The van der Waals surface area contributed by atoms with Gasteiger partial charge in [0.15, 0.2) is 0 Å². The molecule has 0 rings (SSSR count). The second-order valence-corrected chi connectivity index (χ2v) is 4.62. The van der Waals surface area contributed by atoms with E-state index in [1.165, 1.54) is 19.3 Å². The van der Waals surface area contributed by atoms with Gasteiger partial charge < -0.3 is 0 Å². The predicted molar refractivity (Wildman–Crippen MR) is 57.1 cm³/mol. The lowest BCUT2D eigenvalue weighted by Gasteiger charge is -2.37. The highest BCUT2D eigenvalue weighted by Gasteiger charge is 2.30. The van der Waals surface area contributed by atoms with Gasteiger partial charge in [0.25, 0.3) is 0 Å². The maximum Gasteiger partial charge on any atom is -0.0244 e. The van der Waals surface area contributed by atoms with Crippen LogP contribution in [0.2, 0.25) is 0 Å². The van der Waals surface area contributed by atoms with Gasteiger partial charge in [-0.05, 0) is 17.3 Å². The minimum atomic E-state index is 0.435. The predicted octanol–water partition coefficient (Wildman–Crippen LogP) is 4.45. The molecule has 1 atom stereocenters. The molecule has 0 amide bonds. The van der Waals surface area contributed by atoms with E-state index in [4.69, 9.17) is 0 Å².